The number of aryl methyl sites for hydroxylation is 1. The van der Waals surface area contributed by atoms with Crippen molar-refractivity contribution in [3.05, 3.63) is 17.5 Å². The van der Waals surface area contributed by atoms with Crippen LogP contribution in [0, 0.1) is 6.92 Å². The van der Waals surface area contributed by atoms with Gasteiger partial charge < -0.3 is 10.0 Å². The van der Waals surface area contributed by atoms with E-state index in [1.54, 1.807) is 6.20 Å². The summed E-state index contributed by atoms with van der Waals surface area (Å²) in [4.78, 5) is 11.1. The minimum absolute atomic E-state index is 0.00740. The normalized spacial score (nSPS) is 19.4. The number of rotatable bonds is 2. The van der Waals surface area contributed by atoms with Gasteiger partial charge in [-0.05, 0) is 20.8 Å². The van der Waals surface area contributed by atoms with Gasteiger partial charge in [-0.25, -0.2) is 9.97 Å². The van der Waals surface area contributed by atoms with Gasteiger partial charge in [-0.2, -0.15) is 11.8 Å². The van der Waals surface area contributed by atoms with E-state index in [1.165, 1.54) is 0 Å². The molecule has 0 saturated carbocycles. The third-order valence-corrected chi connectivity index (χ3v) is 4.24. The Morgan fingerprint density at radius 1 is 1.53 bits per heavy atom. The van der Waals surface area contributed by atoms with Gasteiger partial charge in [0.1, 0.15) is 0 Å². The second-order valence-electron chi connectivity index (χ2n) is 4.97. The lowest BCUT2D eigenvalue weighted by molar-refractivity contribution is 0.280. The van der Waals surface area contributed by atoms with Gasteiger partial charge in [0.05, 0.1) is 6.61 Å². The number of hydrogen-bond acceptors (Lipinski definition) is 5. The van der Waals surface area contributed by atoms with Crippen molar-refractivity contribution in [3.8, 4) is 0 Å². The van der Waals surface area contributed by atoms with Crippen LogP contribution in [0.1, 0.15) is 25.1 Å². The summed E-state index contributed by atoms with van der Waals surface area (Å²) in [7, 11) is 0. The molecular weight excluding hydrogens is 234 g/mol. The van der Waals surface area contributed by atoms with Crippen molar-refractivity contribution in [2.45, 2.75) is 32.1 Å². The maximum absolute atomic E-state index is 9.11. The standard InChI is InChI=1S/C12H19N3OS/c1-9-10(7-16)6-13-11(14-9)15-4-5-17-12(2,3)8-15/h6,16H,4-5,7-8H2,1-3H3. The number of anilines is 1. The Bertz CT molecular complexity index is 409. The Balaban J connectivity index is 2.19. The number of aromatic nitrogens is 2. The van der Waals surface area contributed by atoms with E-state index in [0.717, 1.165) is 36.0 Å². The molecule has 94 valence electrons. The van der Waals surface area contributed by atoms with Gasteiger partial charge in [0, 0.05) is 41.0 Å². The summed E-state index contributed by atoms with van der Waals surface area (Å²) in [5.41, 5.74) is 1.67. The zero-order valence-electron chi connectivity index (χ0n) is 10.6. The van der Waals surface area contributed by atoms with Crippen LogP contribution in [0.5, 0.6) is 0 Å². The van der Waals surface area contributed by atoms with Crippen LogP contribution in [-0.4, -0.2) is 38.7 Å². The SMILES string of the molecule is Cc1nc(N2CCSC(C)(C)C2)ncc1CO. The van der Waals surface area contributed by atoms with E-state index >= 15 is 0 Å². The first-order valence-electron chi connectivity index (χ1n) is 5.84. The molecule has 2 heterocycles. The highest BCUT2D eigenvalue weighted by Crippen LogP contribution is 2.31. The summed E-state index contributed by atoms with van der Waals surface area (Å²) in [6.07, 6.45) is 1.73. The third-order valence-electron chi connectivity index (χ3n) is 2.95. The van der Waals surface area contributed by atoms with E-state index in [2.05, 4.69) is 28.7 Å². The quantitative estimate of drug-likeness (QED) is 0.867. The Hall–Kier alpha value is -0.810. The topological polar surface area (TPSA) is 49.2 Å². The summed E-state index contributed by atoms with van der Waals surface area (Å²) in [5.74, 6) is 1.89. The summed E-state index contributed by atoms with van der Waals surface area (Å²) < 4.78 is 0.255. The molecule has 0 bridgehead atoms. The van der Waals surface area contributed by atoms with Crippen LogP contribution in [0.3, 0.4) is 0 Å². The zero-order chi connectivity index (χ0) is 12.5. The van der Waals surface area contributed by atoms with Crippen molar-refractivity contribution in [3.63, 3.8) is 0 Å². The molecule has 5 heteroatoms. The Morgan fingerprint density at radius 2 is 2.29 bits per heavy atom. The molecule has 1 aliphatic rings. The fraction of sp³-hybridized carbons (Fsp3) is 0.667. The highest BCUT2D eigenvalue weighted by molar-refractivity contribution is 8.00. The van der Waals surface area contributed by atoms with Gasteiger partial charge >= 0.3 is 0 Å². The predicted octanol–water partition coefficient (Wildman–Crippen LogP) is 1.61. The van der Waals surface area contributed by atoms with Crippen LogP contribution in [0.2, 0.25) is 0 Å². The number of aliphatic hydroxyl groups excluding tert-OH is 1. The monoisotopic (exact) mass is 253 g/mol. The van der Waals surface area contributed by atoms with Crippen molar-refractivity contribution >= 4 is 17.7 Å². The highest BCUT2D eigenvalue weighted by atomic mass is 32.2. The van der Waals surface area contributed by atoms with E-state index in [1.807, 2.05) is 18.7 Å². The molecule has 0 atom stereocenters. The van der Waals surface area contributed by atoms with Crippen LogP contribution >= 0.6 is 11.8 Å². The molecule has 0 aromatic carbocycles. The van der Waals surface area contributed by atoms with Gasteiger partial charge in [-0.3, -0.25) is 0 Å². The fourth-order valence-electron chi connectivity index (χ4n) is 1.97. The van der Waals surface area contributed by atoms with Crippen molar-refractivity contribution in [1.82, 2.24) is 9.97 Å². The van der Waals surface area contributed by atoms with Crippen molar-refractivity contribution in [2.75, 3.05) is 23.7 Å². The Kier molecular flexibility index (Phi) is 3.58. The van der Waals surface area contributed by atoms with Gasteiger partial charge in [-0.15, -0.1) is 0 Å². The largest absolute Gasteiger partial charge is 0.392 e. The second-order valence-corrected chi connectivity index (χ2v) is 6.77. The molecule has 0 radical (unpaired) electrons. The smallest absolute Gasteiger partial charge is 0.225 e. The average Bonchev–Trinajstić information content (AvgIpc) is 2.27. The van der Waals surface area contributed by atoms with Gasteiger partial charge in [-0.1, -0.05) is 0 Å². The molecule has 1 fully saturated rings. The van der Waals surface area contributed by atoms with E-state index < -0.39 is 0 Å². The van der Waals surface area contributed by atoms with E-state index in [-0.39, 0.29) is 11.4 Å². The highest BCUT2D eigenvalue weighted by Gasteiger charge is 2.28. The van der Waals surface area contributed by atoms with E-state index in [0.29, 0.717) is 0 Å². The number of nitrogens with zero attached hydrogens (tertiary/aromatic N) is 3. The minimum atomic E-state index is 0.00740. The van der Waals surface area contributed by atoms with E-state index in [4.69, 9.17) is 5.11 Å². The molecule has 0 unspecified atom stereocenters. The third kappa shape index (κ3) is 2.90. The summed E-state index contributed by atoms with van der Waals surface area (Å²) >= 11 is 1.99. The van der Waals surface area contributed by atoms with Crippen LogP contribution in [-0.2, 0) is 6.61 Å². The van der Waals surface area contributed by atoms with E-state index in [9.17, 15) is 0 Å². The van der Waals surface area contributed by atoms with Crippen molar-refractivity contribution < 1.29 is 5.11 Å². The van der Waals surface area contributed by atoms with Gasteiger partial charge in [0.2, 0.25) is 5.95 Å². The fourth-order valence-corrected chi connectivity index (χ4v) is 3.09. The summed E-state index contributed by atoms with van der Waals surface area (Å²) in [6.45, 7) is 8.38. The number of hydrogen-bond donors (Lipinski definition) is 1. The lowest BCUT2D eigenvalue weighted by Crippen LogP contribution is -2.44. The van der Waals surface area contributed by atoms with Gasteiger partial charge in [0.25, 0.3) is 0 Å². The lowest BCUT2D eigenvalue weighted by Gasteiger charge is -2.37. The predicted molar refractivity (Wildman–Crippen MR) is 71.4 cm³/mol. The molecule has 1 N–H and O–H groups in total. The average molecular weight is 253 g/mol. The van der Waals surface area contributed by atoms with Crippen LogP contribution in [0.15, 0.2) is 6.20 Å². The zero-order valence-corrected chi connectivity index (χ0v) is 11.4. The Labute approximate surface area is 106 Å². The maximum Gasteiger partial charge on any atom is 0.225 e. The van der Waals surface area contributed by atoms with Gasteiger partial charge in [0.15, 0.2) is 0 Å². The first-order chi connectivity index (χ1) is 8.02. The van der Waals surface area contributed by atoms with Crippen LogP contribution in [0.25, 0.3) is 0 Å². The van der Waals surface area contributed by atoms with Crippen molar-refractivity contribution in [1.29, 1.82) is 0 Å². The molecule has 1 aromatic heterocycles. The first-order valence-corrected chi connectivity index (χ1v) is 6.83. The summed E-state index contributed by atoms with van der Waals surface area (Å²) in [5, 5.41) is 9.11. The number of aliphatic hydroxyl groups is 1. The molecule has 2 rings (SSSR count). The molecule has 0 spiro atoms. The molecule has 1 aromatic rings. The lowest BCUT2D eigenvalue weighted by atomic mass is 10.2. The molecule has 0 amide bonds. The first kappa shape index (κ1) is 12.6. The Morgan fingerprint density at radius 3 is 2.88 bits per heavy atom. The number of thioether (sulfide) groups is 1. The molecular formula is C12H19N3OS. The molecule has 4 nitrogen and oxygen atoms in total. The van der Waals surface area contributed by atoms with Crippen molar-refractivity contribution in [2.24, 2.45) is 0 Å². The molecule has 0 aliphatic carbocycles. The van der Waals surface area contributed by atoms with Crippen LogP contribution < -0.4 is 4.90 Å². The summed E-state index contributed by atoms with van der Waals surface area (Å²) in [6, 6.07) is 0. The molecule has 1 saturated heterocycles. The maximum atomic E-state index is 9.11. The molecule has 1 aliphatic heterocycles. The van der Waals surface area contributed by atoms with Crippen LogP contribution in [0.4, 0.5) is 5.95 Å². The minimum Gasteiger partial charge on any atom is -0.392 e. The second kappa shape index (κ2) is 4.82. The molecule has 17 heavy (non-hydrogen) atoms.